The van der Waals surface area contributed by atoms with E-state index in [4.69, 9.17) is 9.15 Å². The molecule has 8 nitrogen and oxygen atoms in total. The molecule has 1 fully saturated rings. The van der Waals surface area contributed by atoms with E-state index in [2.05, 4.69) is 31.9 Å². The maximum atomic E-state index is 10.6. The van der Waals surface area contributed by atoms with Gasteiger partial charge in [0.2, 0.25) is 11.8 Å². The molecule has 0 bridgehead atoms. The molecule has 4 aromatic rings. The zero-order valence-corrected chi connectivity index (χ0v) is 20.2. The highest BCUT2D eigenvalue weighted by Crippen LogP contribution is 2.25. The first-order chi connectivity index (χ1) is 16.5. The lowest BCUT2D eigenvalue weighted by Crippen LogP contribution is -2.53. The second-order valence-electron chi connectivity index (χ2n) is 8.77. The normalized spacial score (nSPS) is 18.4. The number of hydrogen-bond donors (Lipinski definition) is 1. The molecule has 1 aliphatic rings. The van der Waals surface area contributed by atoms with Crippen molar-refractivity contribution in [3.63, 3.8) is 0 Å². The minimum absolute atomic E-state index is 0.256. The molecule has 1 N–H and O–H groups in total. The van der Waals surface area contributed by atoms with E-state index in [0.717, 1.165) is 46.2 Å². The van der Waals surface area contributed by atoms with Crippen molar-refractivity contribution in [2.75, 3.05) is 32.8 Å². The third-order valence-corrected chi connectivity index (χ3v) is 7.00. The molecule has 0 aliphatic carbocycles. The van der Waals surface area contributed by atoms with Crippen LogP contribution < -0.4 is 4.74 Å². The number of aromatic nitrogens is 3. The molecule has 2 aromatic heterocycles. The van der Waals surface area contributed by atoms with Crippen LogP contribution in [-0.2, 0) is 6.54 Å². The second-order valence-corrected chi connectivity index (χ2v) is 10.0. The molecular weight excluding hydrogens is 450 g/mol. The quantitative estimate of drug-likeness (QED) is 0.410. The van der Waals surface area contributed by atoms with Crippen LogP contribution in [0.2, 0.25) is 0 Å². The first kappa shape index (κ1) is 22.9. The zero-order chi connectivity index (χ0) is 23.5. The summed E-state index contributed by atoms with van der Waals surface area (Å²) in [4.78, 5) is 9.13. The van der Waals surface area contributed by atoms with Gasteiger partial charge in [0, 0.05) is 43.9 Å². The van der Waals surface area contributed by atoms with Gasteiger partial charge in [0.1, 0.15) is 18.5 Å². The van der Waals surface area contributed by atoms with Crippen LogP contribution in [0.4, 0.5) is 0 Å². The number of hydrogen-bond acceptors (Lipinski definition) is 9. The number of nitrogens with zero attached hydrogens (tertiary/aromatic N) is 5. The fraction of sp³-hybridized carbons (Fsp3) is 0.400. The molecule has 178 valence electrons. The summed E-state index contributed by atoms with van der Waals surface area (Å²) in [6.45, 7) is 8.25. The SMILES string of the molecule is Cc1nc2cc(OC[C@H](O)CN3CCN(Cc4nnc(-c5ccccc5)o4)C[C@@H]3C)ccc2s1. The molecule has 3 heterocycles. The van der Waals surface area contributed by atoms with Crippen molar-refractivity contribution >= 4 is 21.6 Å². The lowest BCUT2D eigenvalue weighted by Gasteiger charge is -2.40. The van der Waals surface area contributed by atoms with Crippen molar-refractivity contribution < 1.29 is 14.3 Å². The average molecular weight is 480 g/mol. The zero-order valence-electron chi connectivity index (χ0n) is 19.4. The van der Waals surface area contributed by atoms with Gasteiger partial charge in [-0.25, -0.2) is 4.98 Å². The van der Waals surface area contributed by atoms with Gasteiger partial charge in [-0.15, -0.1) is 21.5 Å². The van der Waals surface area contributed by atoms with Crippen LogP contribution in [0.15, 0.2) is 52.9 Å². The van der Waals surface area contributed by atoms with Gasteiger partial charge in [-0.2, -0.15) is 0 Å². The first-order valence-corrected chi connectivity index (χ1v) is 12.4. The maximum absolute atomic E-state index is 10.6. The third-order valence-electron chi connectivity index (χ3n) is 6.05. The van der Waals surface area contributed by atoms with Gasteiger partial charge in [0.15, 0.2) is 0 Å². The Hall–Kier alpha value is -2.85. The fourth-order valence-electron chi connectivity index (χ4n) is 4.32. The van der Waals surface area contributed by atoms with E-state index in [1.807, 2.05) is 55.5 Å². The van der Waals surface area contributed by atoms with Crippen LogP contribution in [0.1, 0.15) is 17.8 Å². The summed E-state index contributed by atoms with van der Waals surface area (Å²) in [5.41, 5.74) is 1.87. The van der Waals surface area contributed by atoms with Crippen molar-refractivity contribution in [2.24, 2.45) is 0 Å². The highest BCUT2D eigenvalue weighted by atomic mass is 32.1. The highest BCUT2D eigenvalue weighted by Gasteiger charge is 2.26. The molecule has 5 rings (SSSR count). The number of fused-ring (bicyclic) bond motifs is 1. The minimum atomic E-state index is -0.564. The predicted octanol–water partition coefficient (Wildman–Crippen LogP) is 3.60. The summed E-state index contributed by atoms with van der Waals surface area (Å²) in [6.07, 6.45) is -0.564. The van der Waals surface area contributed by atoms with Gasteiger partial charge in [0.25, 0.3) is 0 Å². The van der Waals surface area contributed by atoms with E-state index in [0.29, 0.717) is 30.9 Å². The van der Waals surface area contributed by atoms with Crippen molar-refractivity contribution in [1.29, 1.82) is 0 Å². The van der Waals surface area contributed by atoms with Gasteiger partial charge < -0.3 is 14.3 Å². The van der Waals surface area contributed by atoms with Crippen molar-refractivity contribution in [3.8, 4) is 17.2 Å². The topological polar surface area (TPSA) is 87.8 Å². The summed E-state index contributed by atoms with van der Waals surface area (Å²) in [5, 5.41) is 20.0. The Morgan fingerprint density at radius 1 is 1.18 bits per heavy atom. The number of piperazine rings is 1. The molecule has 2 atom stereocenters. The largest absolute Gasteiger partial charge is 0.491 e. The number of β-amino-alcohol motifs (C(OH)–C–C–N with tert-alkyl or cyclic N) is 1. The second kappa shape index (κ2) is 10.2. The Morgan fingerprint density at radius 3 is 2.85 bits per heavy atom. The van der Waals surface area contributed by atoms with E-state index in [1.54, 1.807) is 11.3 Å². The summed E-state index contributed by atoms with van der Waals surface area (Å²) in [5.74, 6) is 1.92. The van der Waals surface area contributed by atoms with Crippen molar-refractivity contribution in [2.45, 2.75) is 32.5 Å². The van der Waals surface area contributed by atoms with Crippen LogP contribution in [0, 0.1) is 6.92 Å². The Labute approximate surface area is 202 Å². The molecule has 0 amide bonds. The molecule has 1 saturated heterocycles. The fourth-order valence-corrected chi connectivity index (χ4v) is 5.13. The number of benzene rings is 2. The van der Waals surface area contributed by atoms with E-state index in [-0.39, 0.29) is 6.61 Å². The number of ether oxygens (including phenoxy) is 1. The first-order valence-electron chi connectivity index (χ1n) is 11.6. The standard InChI is InChI=1S/C25H29N5O3S/c1-17-13-29(15-24-27-28-25(33-24)19-6-4-3-5-7-19)10-11-30(17)14-20(31)16-32-21-8-9-23-22(12-21)26-18(2)34-23/h3-9,12,17,20,31H,10-11,13-16H2,1-2H3/t17-,20+/m0/s1. The molecule has 0 spiro atoms. The third kappa shape index (κ3) is 5.44. The van der Waals surface area contributed by atoms with Crippen LogP contribution >= 0.6 is 11.3 Å². The van der Waals surface area contributed by atoms with Crippen molar-refractivity contribution in [3.05, 3.63) is 59.4 Å². The smallest absolute Gasteiger partial charge is 0.247 e. The van der Waals surface area contributed by atoms with E-state index >= 15 is 0 Å². The molecule has 2 aromatic carbocycles. The van der Waals surface area contributed by atoms with Gasteiger partial charge in [0.05, 0.1) is 21.8 Å². The molecule has 0 radical (unpaired) electrons. The minimum Gasteiger partial charge on any atom is -0.491 e. The van der Waals surface area contributed by atoms with Crippen molar-refractivity contribution in [1.82, 2.24) is 25.0 Å². The molecule has 0 saturated carbocycles. The van der Waals surface area contributed by atoms with Crippen LogP contribution in [-0.4, -0.2) is 75.0 Å². The predicted molar refractivity (Wildman–Crippen MR) is 132 cm³/mol. The summed E-state index contributed by atoms with van der Waals surface area (Å²) >= 11 is 1.67. The average Bonchev–Trinajstić information content (AvgIpc) is 3.45. The Morgan fingerprint density at radius 2 is 2.03 bits per heavy atom. The number of aliphatic hydroxyl groups excluding tert-OH is 1. The van der Waals surface area contributed by atoms with Crippen LogP contribution in [0.3, 0.4) is 0 Å². The molecule has 34 heavy (non-hydrogen) atoms. The van der Waals surface area contributed by atoms with Gasteiger partial charge in [-0.05, 0) is 38.1 Å². The lowest BCUT2D eigenvalue weighted by molar-refractivity contribution is 0.0178. The molecule has 9 heteroatoms. The lowest BCUT2D eigenvalue weighted by atomic mass is 10.1. The Kier molecular flexibility index (Phi) is 6.87. The summed E-state index contributed by atoms with van der Waals surface area (Å²) < 4.78 is 12.9. The molecule has 1 aliphatic heterocycles. The maximum Gasteiger partial charge on any atom is 0.247 e. The monoisotopic (exact) mass is 479 g/mol. The van der Waals surface area contributed by atoms with Gasteiger partial charge in [-0.3, -0.25) is 9.80 Å². The summed E-state index contributed by atoms with van der Waals surface area (Å²) in [6, 6.07) is 16.0. The summed E-state index contributed by atoms with van der Waals surface area (Å²) in [7, 11) is 0. The Balaban J connectivity index is 1.09. The number of aryl methyl sites for hydroxylation is 1. The van der Waals surface area contributed by atoms with E-state index < -0.39 is 6.10 Å². The number of thiazole rings is 1. The van der Waals surface area contributed by atoms with Crippen LogP contribution in [0.25, 0.3) is 21.7 Å². The number of rotatable bonds is 8. The van der Waals surface area contributed by atoms with E-state index in [9.17, 15) is 5.11 Å². The highest BCUT2D eigenvalue weighted by molar-refractivity contribution is 7.18. The molecule has 0 unspecified atom stereocenters. The van der Waals surface area contributed by atoms with Gasteiger partial charge >= 0.3 is 0 Å². The Bertz CT molecular complexity index is 1230. The van der Waals surface area contributed by atoms with Gasteiger partial charge in [-0.1, -0.05) is 18.2 Å². The number of aliphatic hydroxyl groups is 1. The van der Waals surface area contributed by atoms with E-state index in [1.165, 1.54) is 0 Å². The van der Waals surface area contributed by atoms with Crippen LogP contribution in [0.5, 0.6) is 5.75 Å². The molecular formula is C25H29N5O3S.